The predicted molar refractivity (Wildman–Crippen MR) is 67.4 cm³/mol. The van der Waals surface area contributed by atoms with Gasteiger partial charge in [-0.3, -0.25) is 0 Å². The molecule has 7 heteroatoms. The third kappa shape index (κ3) is 18.8. The van der Waals surface area contributed by atoms with Gasteiger partial charge in [-0.25, -0.2) is 0 Å². The Balaban J connectivity index is -0.0000000822. The van der Waals surface area contributed by atoms with Crippen LogP contribution in [0.15, 0.2) is 11.1 Å². The Morgan fingerprint density at radius 2 is 1.27 bits per heavy atom. The third-order valence-corrected chi connectivity index (χ3v) is 3.46. The Kier molecular flexibility index (Phi) is 47.4. The van der Waals surface area contributed by atoms with Crippen molar-refractivity contribution in [3.63, 3.8) is 0 Å². The van der Waals surface area contributed by atoms with E-state index in [0.717, 1.165) is 4.57 Å². The molecule has 1 unspecified atom stereocenters. The van der Waals surface area contributed by atoms with Crippen LogP contribution in [0.4, 0.5) is 0 Å². The van der Waals surface area contributed by atoms with Crippen LogP contribution >= 0.6 is 0 Å². The second-order valence-corrected chi connectivity index (χ2v) is 4.15. The van der Waals surface area contributed by atoms with Crippen LogP contribution in [0.2, 0.25) is 0 Å². The molecule has 6 nitrogen and oxygen atoms in total. The maximum atomic E-state index is 7.50. The summed E-state index contributed by atoms with van der Waals surface area (Å²) in [6.07, 6.45) is 3.63. The van der Waals surface area contributed by atoms with E-state index >= 15 is 0 Å². The van der Waals surface area contributed by atoms with Gasteiger partial charge in [0.2, 0.25) is 0 Å². The van der Waals surface area contributed by atoms with Crippen molar-refractivity contribution in [3.05, 3.63) is 44.4 Å². The molecule has 0 amide bonds. The Morgan fingerprint density at radius 3 is 1.55 bits per heavy atom. The molecule has 0 aromatic rings. The minimum absolute atomic E-state index is 0.610. The number of rotatable bonds is 2. The maximum absolute atomic E-state index is 7.50. The summed E-state index contributed by atoms with van der Waals surface area (Å²) in [6, 6.07) is 0. The second-order valence-electron chi connectivity index (χ2n) is 3.52. The summed E-state index contributed by atoms with van der Waals surface area (Å²) < 4.78 is 43.8. The van der Waals surface area contributed by atoms with E-state index in [-0.39, 0.29) is 0 Å². The molecule has 118 valence electrons. The molecule has 0 aromatic heterocycles. The number of allylic oxidation sites excluding steroid dienone is 2. The van der Waals surface area contributed by atoms with Gasteiger partial charge in [0.15, 0.2) is 0 Å². The van der Waals surface area contributed by atoms with E-state index in [1.165, 1.54) is 24.8 Å². The molecule has 0 saturated heterocycles. The summed E-state index contributed by atoms with van der Waals surface area (Å²) in [5.74, 6) is 0.610. The zero-order valence-electron chi connectivity index (χ0n) is 12.6. The molecule has 1 rings (SSSR count). The third-order valence-electron chi connectivity index (χ3n) is 2.68. The van der Waals surface area contributed by atoms with Crippen molar-refractivity contribution in [1.29, 1.82) is 0 Å². The van der Waals surface area contributed by atoms with Gasteiger partial charge in [-0.15, -0.1) is 0 Å². The molecule has 0 bridgehead atoms. The predicted octanol–water partition coefficient (Wildman–Crippen LogP) is 2.26. The fourth-order valence-electron chi connectivity index (χ4n) is 1.62. The van der Waals surface area contributed by atoms with Gasteiger partial charge < -0.3 is 0 Å². The molecular formula is C15H16CrO6. The molecule has 0 N–H and O–H groups in total. The fraction of sp³-hybridized carbons (Fsp3) is 0.467. The van der Waals surface area contributed by atoms with Crippen molar-refractivity contribution in [1.82, 2.24) is 0 Å². The van der Waals surface area contributed by atoms with E-state index in [1.54, 1.807) is 12.7 Å². The molecule has 1 aliphatic rings. The first kappa shape index (κ1) is 32.7. The first-order valence-corrected chi connectivity index (χ1v) is 6.04. The van der Waals surface area contributed by atoms with Crippen LogP contribution in [0, 0.1) is 39.2 Å². The van der Waals surface area contributed by atoms with Crippen molar-refractivity contribution in [2.45, 2.75) is 33.1 Å². The van der Waals surface area contributed by atoms with Crippen molar-refractivity contribution in [2.75, 3.05) is 7.11 Å². The number of hydrogen-bond acceptors (Lipinski definition) is 1. The number of methoxy groups -OCH3 is 1. The first-order valence-electron chi connectivity index (χ1n) is 5.40. The summed E-state index contributed by atoms with van der Waals surface area (Å²) in [4.78, 5) is 0. The van der Waals surface area contributed by atoms with Gasteiger partial charge in [0, 0.05) is 0 Å². The molecule has 22 heavy (non-hydrogen) atoms. The van der Waals surface area contributed by atoms with E-state index in [9.17, 15) is 0 Å². The monoisotopic (exact) mass is 344 g/mol. The van der Waals surface area contributed by atoms with Crippen LogP contribution < -0.4 is 0 Å². The standard InChI is InChI=1S/C10H16O.5CO.Cr/c1-8-4-5-10(7-11-3)6-9(8)2;5*1-2;/h10H,4-6H2,1-3H3;;;;;;. The Hall–Kier alpha value is -1.20. The van der Waals surface area contributed by atoms with Gasteiger partial charge in [-0.2, -0.15) is 0 Å². The van der Waals surface area contributed by atoms with Crippen LogP contribution in [0.5, 0.6) is 0 Å². The molecule has 0 spiro atoms. The minimum atomic E-state index is 0.610. The van der Waals surface area contributed by atoms with Crippen molar-refractivity contribution < 1.29 is 43.8 Å². The summed E-state index contributed by atoms with van der Waals surface area (Å²) in [7, 11) is 1.74. The van der Waals surface area contributed by atoms with E-state index < -0.39 is 0 Å². The molecular weight excluding hydrogens is 328 g/mol. The normalized spacial score (nSPS) is 13.8. The van der Waals surface area contributed by atoms with Crippen LogP contribution in [0.1, 0.15) is 33.1 Å². The average molecular weight is 344 g/mol. The molecule has 0 saturated carbocycles. The molecule has 0 aliphatic heterocycles. The number of hydrogen-bond donors (Lipinski definition) is 0. The average Bonchev–Trinajstić information content (AvgIpc) is 2.65. The molecule has 0 aromatic carbocycles. The van der Waals surface area contributed by atoms with Gasteiger partial charge in [0.05, 0.1) is 0 Å². The first-order chi connectivity index (χ1) is 10.6. The zero-order valence-corrected chi connectivity index (χ0v) is 13.8. The second kappa shape index (κ2) is 32.0. The van der Waals surface area contributed by atoms with Gasteiger partial charge in [-0.1, -0.05) is 0 Å². The van der Waals surface area contributed by atoms with Crippen molar-refractivity contribution in [2.24, 2.45) is 5.92 Å². The van der Waals surface area contributed by atoms with Crippen LogP contribution in [-0.4, -0.2) is 11.7 Å². The van der Waals surface area contributed by atoms with Gasteiger partial charge in [-0.05, 0) is 0 Å². The van der Waals surface area contributed by atoms with E-state index in [1.807, 2.05) is 0 Å². The molecule has 0 heterocycles. The van der Waals surface area contributed by atoms with Gasteiger partial charge in [0.1, 0.15) is 0 Å². The summed E-state index contributed by atoms with van der Waals surface area (Å²) >= 11 is 3.00. The zero-order chi connectivity index (χ0) is 19.1. The topological polar surface area (TPSA) is 109 Å². The van der Waals surface area contributed by atoms with Crippen molar-refractivity contribution in [3.8, 4) is 0 Å². The summed E-state index contributed by atoms with van der Waals surface area (Å²) in [5, 5.41) is 0. The summed E-state index contributed by atoms with van der Waals surface area (Å²) in [5.41, 5.74) is 3.10. The molecule has 1 aliphatic carbocycles. The molecule has 0 fully saturated rings. The van der Waals surface area contributed by atoms with Gasteiger partial charge >= 0.3 is 139 Å². The van der Waals surface area contributed by atoms with E-state index in [0.29, 0.717) is 5.92 Å². The Labute approximate surface area is 139 Å². The number of ether oxygens (including phenoxy) is 1. The quantitative estimate of drug-likeness (QED) is 0.427. The SMILES string of the molecule is CO[C](=[Cr])C1CCC(C)=C(C)C1.[C-]#[O+].[C-]#[O+].[C-]#[O+].[C-]#[O+].[C-]#[O+]. The Bertz CT molecular complexity index is 366. The van der Waals surface area contributed by atoms with E-state index in [4.69, 9.17) is 28.0 Å². The van der Waals surface area contributed by atoms with Crippen LogP contribution in [-0.2, 0) is 43.8 Å². The molecule has 1 atom stereocenters. The Morgan fingerprint density at radius 1 is 0.909 bits per heavy atom. The fourth-order valence-corrected chi connectivity index (χ4v) is 1.93. The van der Waals surface area contributed by atoms with Gasteiger partial charge in [0.25, 0.3) is 0 Å². The summed E-state index contributed by atoms with van der Waals surface area (Å²) in [6.45, 7) is 27.0. The van der Waals surface area contributed by atoms with Crippen LogP contribution in [0.3, 0.4) is 0 Å². The van der Waals surface area contributed by atoms with E-state index in [2.05, 4.69) is 63.0 Å². The van der Waals surface area contributed by atoms with Crippen LogP contribution in [0.25, 0.3) is 0 Å². The van der Waals surface area contributed by atoms with Crippen molar-refractivity contribution >= 4 is 4.57 Å². The molecule has 0 radical (unpaired) electrons.